The lowest BCUT2D eigenvalue weighted by atomic mass is 10.1. The van der Waals surface area contributed by atoms with Gasteiger partial charge in [-0.05, 0) is 5.56 Å². The monoisotopic (exact) mass is 358 g/mol. The van der Waals surface area contributed by atoms with Crippen LogP contribution in [-0.2, 0) is 4.79 Å². The molecule has 0 heterocycles. The van der Waals surface area contributed by atoms with Crippen molar-refractivity contribution in [3.05, 3.63) is 39.9 Å². The molecule has 1 rings (SSSR count). The molecule has 0 aliphatic carbocycles. The molecule has 20 heavy (non-hydrogen) atoms. The normalized spacial score (nSPS) is 13.8. The van der Waals surface area contributed by atoms with Crippen molar-refractivity contribution in [2.24, 2.45) is 0 Å². The highest BCUT2D eigenvalue weighted by Crippen LogP contribution is 2.27. The Balaban J connectivity index is 2.82. The number of amides is 1. The number of hydrogen-bond acceptors (Lipinski definition) is 3. The van der Waals surface area contributed by atoms with Crippen molar-refractivity contribution in [2.75, 3.05) is 5.88 Å². The highest BCUT2D eigenvalue weighted by atomic mass is 35.5. The van der Waals surface area contributed by atoms with Gasteiger partial charge in [-0.25, -0.2) is 0 Å². The summed E-state index contributed by atoms with van der Waals surface area (Å²) < 4.78 is 0. The standard InChI is InChI=1S/C11H10Cl4N2O3/c12-5-8(16-11(18)10(14)15)9(13)6-1-3-7(4-2-6)17(19)20/h1-4,8-10H,5H2,(H,16,18)/t8-,9-/m1/s1. The Kier molecular flexibility index (Phi) is 6.82. The smallest absolute Gasteiger partial charge is 0.269 e. The van der Waals surface area contributed by atoms with Crippen molar-refractivity contribution in [1.29, 1.82) is 0 Å². The quantitative estimate of drug-likeness (QED) is 0.480. The number of hydrogen-bond donors (Lipinski definition) is 1. The van der Waals surface area contributed by atoms with Crippen LogP contribution >= 0.6 is 46.4 Å². The van der Waals surface area contributed by atoms with Crippen LogP contribution < -0.4 is 5.32 Å². The zero-order valence-corrected chi connectivity index (χ0v) is 13.0. The summed E-state index contributed by atoms with van der Waals surface area (Å²) in [5.74, 6) is -0.566. The number of carbonyl (C=O) groups is 1. The van der Waals surface area contributed by atoms with Gasteiger partial charge in [0.1, 0.15) is 0 Å². The molecule has 0 aliphatic rings. The fourth-order valence-corrected chi connectivity index (χ4v) is 2.22. The number of non-ortho nitro benzene ring substituents is 1. The van der Waals surface area contributed by atoms with Crippen LogP contribution in [0.3, 0.4) is 0 Å². The topological polar surface area (TPSA) is 72.2 Å². The fourth-order valence-electron chi connectivity index (χ4n) is 1.45. The SMILES string of the molecule is O=C(N[C@H](CCl)[C@H](Cl)c1ccc([N+](=O)[O-])cc1)C(Cl)Cl. The lowest BCUT2D eigenvalue weighted by Crippen LogP contribution is -2.41. The maximum Gasteiger partial charge on any atom is 0.269 e. The first-order valence-electron chi connectivity index (χ1n) is 5.39. The van der Waals surface area contributed by atoms with E-state index in [9.17, 15) is 14.9 Å². The summed E-state index contributed by atoms with van der Waals surface area (Å²) in [5.41, 5.74) is 0.537. The first-order valence-corrected chi connectivity index (χ1v) is 7.24. The van der Waals surface area contributed by atoms with Crippen LogP contribution in [0.15, 0.2) is 24.3 Å². The molecule has 2 atom stereocenters. The Morgan fingerprint density at radius 3 is 2.20 bits per heavy atom. The third-order valence-corrected chi connectivity index (χ3v) is 3.75. The molecule has 110 valence electrons. The van der Waals surface area contributed by atoms with Gasteiger partial charge in [0.15, 0.2) is 4.84 Å². The van der Waals surface area contributed by atoms with Gasteiger partial charge in [0.2, 0.25) is 0 Å². The Morgan fingerprint density at radius 2 is 1.80 bits per heavy atom. The molecule has 0 saturated carbocycles. The molecule has 0 saturated heterocycles. The number of benzene rings is 1. The van der Waals surface area contributed by atoms with Crippen molar-refractivity contribution >= 4 is 58.0 Å². The summed E-state index contributed by atoms with van der Waals surface area (Å²) in [4.78, 5) is 20.2. The van der Waals surface area contributed by atoms with Gasteiger partial charge < -0.3 is 5.32 Å². The molecule has 1 amide bonds. The van der Waals surface area contributed by atoms with Gasteiger partial charge in [-0.15, -0.1) is 23.2 Å². The van der Waals surface area contributed by atoms with E-state index in [1.165, 1.54) is 24.3 Å². The lowest BCUT2D eigenvalue weighted by molar-refractivity contribution is -0.384. The summed E-state index contributed by atoms with van der Waals surface area (Å²) >= 11 is 22.8. The summed E-state index contributed by atoms with van der Waals surface area (Å²) in [6.45, 7) is 0. The fraction of sp³-hybridized carbons (Fsp3) is 0.364. The van der Waals surface area contributed by atoms with Gasteiger partial charge >= 0.3 is 0 Å². The number of carbonyl (C=O) groups excluding carboxylic acids is 1. The van der Waals surface area contributed by atoms with Gasteiger partial charge in [0.25, 0.3) is 11.6 Å². The average Bonchev–Trinajstić information content (AvgIpc) is 2.43. The Labute approximate surface area is 135 Å². The maximum atomic E-state index is 11.4. The largest absolute Gasteiger partial charge is 0.348 e. The molecule has 1 N–H and O–H groups in total. The molecule has 0 spiro atoms. The van der Waals surface area contributed by atoms with Crippen molar-refractivity contribution < 1.29 is 9.72 Å². The molecule has 5 nitrogen and oxygen atoms in total. The molecule has 1 aromatic carbocycles. The number of nitro groups is 1. The number of nitrogens with zero attached hydrogens (tertiary/aromatic N) is 1. The predicted octanol–water partition coefficient (Wildman–Crippen LogP) is 3.40. The van der Waals surface area contributed by atoms with Crippen molar-refractivity contribution in [2.45, 2.75) is 16.3 Å². The Bertz CT molecular complexity index is 481. The Morgan fingerprint density at radius 1 is 1.25 bits per heavy atom. The summed E-state index contributed by atoms with van der Waals surface area (Å²) in [5, 5.41) is 12.4. The minimum absolute atomic E-state index is 0.0391. The second-order valence-electron chi connectivity index (χ2n) is 3.82. The van der Waals surface area contributed by atoms with E-state index in [0.29, 0.717) is 5.56 Å². The third-order valence-electron chi connectivity index (χ3n) is 2.47. The highest BCUT2D eigenvalue weighted by Gasteiger charge is 2.24. The predicted molar refractivity (Wildman–Crippen MR) is 79.8 cm³/mol. The zero-order chi connectivity index (χ0) is 15.3. The van der Waals surface area contributed by atoms with E-state index >= 15 is 0 Å². The molecule has 0 fully saturated rings. The van der Waals surface area contributed by atoms with E-state index in [1.807, 2.05) is 0 Å². The van der Waals surface area contributed by atoms with Crippen LogP contribution in [0.2, 0.25) is 0 Å². The van der Waals surface area contributed by atoms with Gasteiger partial charge in [0.05, 0.1) is 16.3 Å². The van der Waals surface area contributed by atoms with Crippen molar-refractivity contribution in [3.63, 3.8) is 0 Å². The minimum Gasteiger partial charge on any atom is -0.348 e. The van der Waals surface area contributed by atoms with E-state index < -0.39 is 27.1 Å². The van der Waals surface area contributed by atoms with E-state index in [0.717, 1.165) is 0 Å². The maximum absolute atomic E-state index is 11.4. The number of alkyl halides is 4. The first-order chi connectivity index (χ1) is 9.36. The molecule has 1 aromatic rings. The number of halogens is 4. The van der Waals surface area contributed by atoms with Crippen LogP contribution in [0.25, 0.3) is 0 Å². The second kappa shape index (κ2) is 7.88. The first kappa shape index (κ1) is 17.3. The molecule has 0 aromatic heterocycles. The van der Waals surface area contributed by atoms with Crippen LogP contribution in [0.5, 0.6) is 0 Å². The summed E-state index contributed by atoms with van der Waals surface area (Å²) in [6.07, 6.45) is 0. The minimum atomic E-state index is -1.22. The van der Waals surface area contributed by atoms with Gasteiger partial charge in [0, 0.05) is 18.0 Å². The zero-order valence-electron chi connectivity index (χ0n) is 9.93. The van der Waals surface area contributed by atoms with Gasteiger partial charge in [-0.2, -0.15) is 0 Å². The summed E-state index contributed by atoms with van der Waals surface area (Å²) in [7, 11) is 0. The Hall–Kier alpha value is -0.750. The highest BCUT2D eigenvalue weighted by molar-refractivity contribution is 6.53. The van der Waals surface area contributed by atoms with E-state index in [2.05, 4.69) is 5.32 Å². The molecule has 0 radical (unpaired) electrons. The van der Waals surface area contributed by atoms with Crippen LogP contribution in [0, 0.1) is 10.1 Å². The number of nitrogens with one attached hydrogen (secondary N) is 1. The van der Waals surface area contributed by atoms with Crippen molar-refractivity contribution in [1.82, 2.24) is 5.32 Å². The van der Waals surface area contributed by atoms with E-state index in [-0.39, 0.29) is 11.6 Å². The third kappa shape index (κ3) is 4.66. The summed E-state index contributed by atoms with van der Waals surface area (Å²) in [6, 6.07) is 5.04. The van der Waals surface area contributed by atoms with Gasteiger partial charge in [-0.1, -0.05) is 35.3 Å². The number of nitro benzene ring substituents is 1. The van der Waals surface area contributed by atoms with E-state index in [4.69, 9.17) is 46.4 Å². The molecule has 0 bridgehead atoms. The van der Waals surface area contributed by atoms with Crippen LogP contribution in [-0.4, -0.2) is 27.6 Å². The van der Waals surface area contributed by atoms with Crippen LogP contribution in [0.4, 0.5) is 5.69 Å². The van der Waals surface area contributed by atoms with Crippen molar-refractivity contribution in [3.8, 4) is 0 Å². The molecular formula is C11H10Cl4N2O3. The second-order valence-corrected chi connectivity index (χ2v) is 5.70. The molecular weight excluding hydrogens is 350 g/mol. The number of rotatable bonds is 6. The lowest BCUT2D eigenvalue weighted by Gasteiger charge is -2.22. The van der Waals surface area contributed by atoms with Crippen LogP contribution in [0.1, 0.15) is 10.9 Å². The molecule has 0 unspecified atom stereocenters. The van der Waals surface area contributed by atoms with Gasteiger partial charge in [-0.3, -0.25) is 14.9 Å². The average molecular weight is 360 g/mol. The molecule has 9 heteroatoms. The van der Waals surface area contributed by atoms with E-state index in [1.54, 1.807) is 0 Å². The molecule has 0 aliphatic heterocycles.